The maximum atomic E-state index is 11.9. The second-order valence-electron chi connectivity index (χ2n) is 6.99. The summed E-state index contributed by atoms with van der Waals surface area (Å²) in [6.07, 6.45) is 4.85. The van der Waals surface area contributed by atoms with Gasteiger partial charge in [0.05, 0.1) is 0 Å². The molecule has 1 aliphatic rings. The Kier molecular flexibility index (Phi) is 6.10. The molecule has 7 nitrogen and oxygen atoms in total. The Labute approximate surface area is 147 Å². The number of carbonyl (C=O) groups excluding carboxylic acids is 1. The molecule has 0 aliphatic heterocycles. The van der Waals surface area contributed by atoms with Gasteiger partial charge in [-0.25, -0.2) is 14.8 Å². The van der Waals surface area contributed by atoms with Gasteiger partial charge in [0, 0.05) is 19.1 Å². The molecule has 3 N–H and O–H groups in total. The number of nitrogens with zero attached hydrogens (tertiary/aromatic N) is 2. The Morgan fingerprint density at radius 1 is 1.29 bits per heavy atom. The molecule has 1 aromatic heterocycles. The number of nitrogens with one attached hydrogen (secondary N) is 3. The Hall–Kier alpha value is -1.76. The van der Waals surface area contributed by atoms with Gasteiger partial charge in [0.2, 0.25) is 0 Å². The van der Waals surface area contributed by atoms with Crippen LogP contribution in [0.3, 0.4) is 0 Å². The van der Waals surface area contributed by atoms with Crippen molar-refractivity contribution in [2.45, 2.75) is 64.1 Å². The van der Waals surface area contributed by atoms with Gasteiger partial charge in [0.1, 0.15) is 17.6 Å². The Balaban J connectivity index is 1.94. The summed E-state index contributed by atoms with van der Waals surface area (Å²) in [4.78, 5) is 20.2. The van der Waals surface area contributed by atoms with Crippen molar-refractivity contribution in [1.29, 1.82) is 0 Å². The summed E-state index contributed by atoms with van der Waals surface area (Å²) in [6.45, 7) is 5.57. The first kappa shape index (κ1) is 18.6. The zero-order chi connectivity index (χ0) is 17.7. The summed E-state index contributed by atoms with van der Waals surface area (Å²) in [5, 5.41) is 9.76. The molecule has 2 atom stereocenters. The number of anilines is 2. The van der Waals surface area contributed by atoms with Crippen LogP contribution in [0.2, 0.25) is 5.15 Å². The molecule has 0 radical (unpaired) electrons. The van der Waals surface area contributed by atoms with Gasteiger partial charge in [-0.2, -0.15) is 0 Å². The molecule has 0 spiro atoms. The Morgan fingerprint density at radius 2 is 2.00 bits per heavy atom. The fourth-order valence-corrected chi connectivity index (χ4v) is 3.04. The number of aromatic nitrogens is 2. The summed E-state index contributed by atoms with van der Waals surface area (Å²) < 4.78 is 5.33. The van der Waals surface area contributed by atoms with Crippen LogP contribution in [0.25, 0.3) is 0 Å². The highest BCUT2D eigenvalue weighted by Crippen LogP contribution is 2.29. The van der Waals surface area contributed by atoms with Gasteiger partial charge in [-0.3, -0.25) is 0 Å². The van der Waals surface area contributed by atoms with E-state index in [0.29, 0.717) is 16.7 Å². The minimum absolute atomic E-state index is 0.0847. The lowest BCUT2D eigenvalue weighted by Gasteiger charge is -2.31. The second kappa shape index (κ2) is 7.88. The molecule has 1 fully saturated rings. The van der Waals surface area contributed by atoms with E-state index in [1.807, 2.05) is 20.8 Å². The number of ether oxygens (including phenoxy) is 1. The predicted molar refractivity (Wildman–Crippen MR) is 95.6 cm³/mol. The first-order valence-electron chi connectivity index (χ1n) is 8.23. The molecule has 1 saturated carbocycles. The standard InChI is InChI=1S/C16H26ClN5O2/c1-16(2,3)24-15(23)22-11-7-5-6-10(8-11)21-14-12(18-4)13(17)19-9-20-14/h9-11,18H,5-8H2,1-4H3,(H,22,23)(H,19,20,21). The highest BCUT2D eigenvalue weighted by atomic mass is 35.5. The van der Waals surface area contributed by atoms with Gasteiger partial charge in [-0.1, -0.05) is 11.6 Å². The maximum Gasteiger partial charge on any atom is 0.407 e. The molecular formula is C16H26ClN5O2. The van der Waals surface area contributed by atoms with Gasteiger partial charge < -0.3 is 20.7 Å². The maximum absolute atomic E-state index is 11.9. The molecule has 1 amide bonds. The number of amides is 1. The van der Waals surface area contributed by atoms with Crippen LogP contribution in [0.5, 0.6) is 0 Å². The molecule has 24 heavy (non-hydrogen) atoms. The van der Waals surface area contributed by atoms with Gasteiger partial charge in [0.25, 0.3) is 0 Å². The van der Waals surface area contributed by atoms with Crippen LogP contribution in [0.4, 0.5) is 16.3 Å². The van der Waals surface area contributed by atoms with E-state index in [9.17, 15) is 4.79 Å². The Bertz CT molecular complexity index is 576. The summed E-state index contributed by atoms with van der Waals surface area (Å²) >= 11 is 6.08. The van der Waals surface area contributed by atoms with Crippen molar-refractivity contribution in [3.05, 3.63) is 11.5 Å². The van der Waals surface area contributed by atoms with Crippen molar-refractivity contribution in [3.63, 3.8) is 0 Å². The first-order chi connectivity index (χ1) is 11.3. The third-order valence-corrected chi connectivity index (χ3v) is 4.07. The van der Waals surface area contributed by atoms with Crippen LogP contribution in [0, 0.1) is 0 Å². The van der Waals surface area contributed by atoms with Gasteiger partial charge >= 0.3 is 6.09 Å². The van der Waals surface area contributed by atoms with E-state index in [1.54, 1.807) is 7.05 Å². The fourth-order valence-electron chi connectivity index (χ4n) is 2.81. The van der Waals surface area contributed by atoms with Crippen LogP contribution in [-0.4, -0.2) is 40.8 Å². The molecule has 8 heteroatoms. The fraction of sp³-hybridized carbons (Fsp3) is 0.688. The number of halogens is 1. The van der Waals surface area contributed by atoms with Crippen molar-refractivity contribution in [1.82, 2.24) is 15.3 Å². The lowest BCUT2D eigenvalue weighted by molar-refractivity contribution is 0.0492. The third-order valence-electron chi connectivity index (χ3n) is 3.79. The van der Waals surface area contributed by atoms with Crippen molar-refractivity contribution in [2.24, 2.45) is 0 Å². The highest BCUT2D eigenvalue weighted by molar-refractivity contribution is 6.32. The van der Waals surface area contributed by atoms with Crippen LogP contribution in [-0.2, 0) is 4.74 Å². The molecule has 1 aliphatic carbocycles. The summed E-state index contributed by atoms with van der Waals surface area (Å²) in [7, 11) is 1.78. The summed E-state index contributed by atoms with van der Waals surface area (Å²) in [5.74, 6) is 0.681. The third kappa shape index (κ3) is 5.40. The monoisotopic (exact) mass is 355 g/mol. The molecular weight excluding hydrogens is 330 g/mol. The average Bonchev–Trinajstić information content (AvgIpc) is 2.45. The molecule has 2 unspecified atom stereocenters. The molecule has 1 heterocycles. The lowest BCUT2D eigenvalue weighted by atomic mass is 9.91. The van der Waals surface area contributed by atoms with E-state index in [1.165, 1.54) is 6.33 Å². The highest BCUT2D eigenvalue weighted by Gasteiger charge is 2.26. The lowest BCUT2D eigenvalue weighted by Crippen LogP contribution is -2.44. The van der Waals surface area contributed by atoms with E-state index in [0.717, 1.165) is 25.7 Å². The van der Waals surface area contributed by atoms with Gasteiger partial charge in [-0.05, 0) is 46.5 Å². The van der Waals surface area contributed by atoms with E-state index >= 15 is 0 Å². The number of hydrogen-bond donors (Lipinski definition) is 3. The molecule has 0 aromatic carbocycles. The quantitative estimate of drug-likeness (QED) is 0.717. The van der Waals surface area contributed by atoms with E-state index < -0.39 is 5.60 Å². The Morgan fingerprint density at radius 3 is 2.67 bits per heavy atom. The minimum Gasteiger partial charge on any atom is -0.444 e. The van der Waals surface area contributed by atoms with E-state index in [2.05, 4.69) is 25.9 Å². The molecule has 0 bridgehead atoms. The van der Waals surface area contributed by atoms with Gasteiger partial charge in [0.15, 0.2) is 11.0 Å². The number of rotatable bonds is 4. The second-order valence-corrected chi connectivity index (χ2v) is 7.35. The van der Waals surface area contributed by atoms with Crippen LogP contribution < -0.4 is 16.0 Å². The van der Waals surface area contributed by atoms with Gasteiger partial charge in [-0.15, -0.1) is 0 Å². The van der Waals surface area contributed by atoms with Crippen LogP contribution in [0.15, 0.2) is 6.33 Å². The van der Waals surface area contributed by atoms with E-state index in [-0.39, 0.29) is 18.2 Å². The number of hydrogen-bond acceptors (Lipinski definition) is 6. The average molecular weight is 356 g/mol. The first-order valence-corrected chi connectivity index (χ1v) is 8.60. The molecule has 0 saturated heterocycles. The van der Waals surface area contributed by atoms with Crippen molar-refractivity contribution < 1.29 is 9.53 Å². The zero-order valence-corrected chi connectivity index (χ0v) is 15.4. The number of carbonyl (C=O) groups is 1. The number of alkyl carbamates (subject to hydrolysis) is 1. The summed E-state index contributed by atoms with van der Waals surface area (Å²) in [6, 6.07) is 0.290. The van der Waals surface area contributed by atoms with Crippen LogP contribution in [0.1, 0.15) is 46.5 Å². The molecule has 134 valence electrons. The zero-order valence-electron chi connectivity index (χ0n) is 14.6. The largest absolute Gasteiger partial charge is 0.444 e. The predicted octanol–water partition coefficient (Wildman–Crippen LogP) is 3.42. The topological polar surface area (TPSA) is 88.2 Å². The SMILES string of the molecule is CNc1c(Cl)ncnc1NC1CCCC(NC(=O)OC(C)(C)C)C1. The smallest absolute Gasteiger partial charge is 0.407 e. The normalized spacial score (nSPS) is 21.0. The van der Waals surface area contributed by atoms with Crippen molar-refractivity contribution in [3.8, 4) is 0 Å². The van der Waals surface area contributed by atoms with E-state index in [4.69, 9.17) is 16.3 Å². The minimum atomic E-state index is -0.490. The van der Waals surface area contributed by atoms with Crippen molar-refractivity contribution >= 4 is 29.2 Å². The molecule has 1 aromatic rings. The summed E-state index contributed by atoms with van der Waals surface area (Å²) in [5.41, 5.74) is 0.192. The van der Waals surface area contributed by atoms with Crippen LogP contribution >= 0.6 is 11.6 Å². The van der Waals surface area contributed by atoms with Crippen molar-refractivity contribution in [2.75, 3.05) is 17.7 Å². The molecule has 2 rings (SSSR count).